The first kappa shape index (κ1) is 16.2. The molecule has 2 aromatic rings. The maximum absolute atomic E-state index is 13.8. The van der Waals surface area contributed by atoms with E-state index >= 15 is 0 Å². The summed E-state index contributed by atoms with van der Waals surface area (Å²) < 4.78 is 53.2. The Bertz CT molecular complexity index is 789. The van der Waals surface area contributed by atoms with E-state index in [1.807, 2.05) is 0 Å². The maximum atomic E-state index is 13.8. The molecule has 2 aromatic carbocycles. The smallest absolute Gasteiger partial charge is 0.266 e. The van der Waals surface area contributed by atoms with Crippen molar-refractivity contribution in [2.75, 3.05) is 4.72 Å². The summed E-state index contributed by atoms with van der Waals surface area (Å²) in [6.45, 7) is 1.79. The van der Waals surface area contributed by atoms with Crippen LogP contribution in [0.4, 0.5) is 14.5 Å². The largest absolute Gasteiger partial charge is 0.278 e. The third kappa shape index (κ3) is 3.53. The summed E-state index contributed by atoms with van der Waals surface area (Å²) >= 11 is 8.78. The summed E-state index contributed by atoms with van der Waals surface area (Å²) in [5.74, 6) is -2.08. The zero-order valence-corrected chi connectivity index (χ0v) is 13.8. The lowest BCUT2D eigenvalue weighted by atomic mass is 10.2. The molecule has 112 valence electrons. The number of sulfonamides is 1. The number of halogens is 4. The van der Waals surface area contributed by atoms with Crippen LogP contribution in [0, 0.1) is 18.6 Å². The molecule has 0 bridgehead atoms. The van der Waals surface area contributed by atoms with Gasteiger partial charge in [-0.1, -0.05) is 17.7 Å². The Balaban J connectivity index is 2.48. The van der Waals surface area contributed by atoms with E-state index in [1.165, 1.54) is 6.07 Å². The molecule has 0 aliphatic rings. The van der Waals surface area contributed by atoms with Crippen LogP contribution < -0.4 is 4.72 Å². The molecule has 3 nitrogen and oxygen atoms in total. The molecular formula is C13H9BrClF2NO2S. The standard InChI is InChI=1S/C13H9BrClF2NO2S/c1-7-2-3-12(10(15)4-7)18-21(19,20)13-9(14)5-8(16)6-11(13)17/h2-6,18H,1H3. The third-order valence-corrected chi connectivity index (χ3v) is 5.24. The van der Waals surface area contributed by atoms with Crippen molar-refractivity contribution in [3.05, 3.63) is 57.0 Å². The van der Waals surface area contributed by atoms with E-state index in [9.17, 15) is 17.2 Å². The van der Waals surface area contributed by atoms with Gasteiger partial charge >= 0.3 is 0 Å². The lowest BCUT2D eigenvalue weighted by Gasteiger charge is -2.12. The molecule has 0 unspecified atom stereocenters. The zero-order chi connectivity index (χ0) is 15.8. The topological polar surface area (TPSA) is 46.2 Å². The molecule has 2 rings (SSSR count). The number of hydrogen-bond donors (Lipinski definition) is 1. The predicted molar refractivity (Wildman–Crippen MR) is 81.1 cm³/mol. The van der Waals surface area contributed by atoms with Crippen LogP contribution >= 0.6 is 27.5 Å². The van der Waals surface area contributed by atoms with Gasteiger partial charge in [-0.25, -0.2) is 17.2 Å². The van der Waals surface area contributed by atoms with Crippen LogP contribution in [0.25, 0.3) is 0 Å². The average Bonchev–Trinajstić information content (AvgIpc) is 2.30. The highest BCUT2D eigenvalue weighted by atomic mass is 79.9. The fraction of sp³-hybridized carbons (Fsp3) is 0.0769. The normalized spacial score (nSPS) is 11.5. The fourth-order valence-corrected chi connectivity index (χ4v) is 4.27. The van der Waals surface area contributed by atoms with Crippen LogP contribution in [0.1, 0.15) is 5.56 Å². The second-order valence-corrected chi connectivity index (χ2v) is 7.17. The van der Waals surface area contributed by atoms with Crippen LogP contribution in [0.15, 0.2) is 39.7 Å². The number of benzene rings is 2. The molecule has 0 heterocycles. The molecular weight excluding hydrogens is 388 g/mol. The van der Waals surface area contributed by atoms with Gasteiger partial charge in [0.1, 0.15) is 16.5 Å². The summed E-state index contributed by atoms with van der Waals surface area (Å²) in [5.41, 5.74) is 0.954. The minimum Gasteiger partial charge on any atom is -0.278 e. The molecule has 1 N–H and O–H groups in total. The fourth-order valence-electron chi connectivity index (χ4n) is 1.68. The quantitative estimate of drug-likeness (QED) is 0.831. The third-order valence-electron chi connectivity index (χ3n) is 2.60. The van der Waals surface area contributed by atoms with Gasteiger partial charge in [-0.2, -0.15) is 0 Å². The van der Waals surface area contributed by atoms with E-state index in [0.717, 1.165) is 11.6 Å². The Morgan fingerprint density at radius 1 is 1.19 bits per heavy atom. The zero-order valence-electron chi connectivity index (χ0n) is 10.6. The monoisotopic (exact) mass is 395 g/mol. The van der Waals surface area contributed by atoms with Crippen molar-refractivity contribution >= 4 is 43.2 Å². The van der Waals surface area contributed by atoms with Crippen molar-refractivity contribution in [1.82, 2.24) is 0 Å². The van der Waals surface area contributed by atoms with E-state index in [-0.39, 0.29) is 15.2 Å². The lowest BCUT2D eigenvalue weighted by Crippen LogP contribution is -2.16. The molecule has 21 heavy (non-hydrogen) atoms. The molecule has 0 spiro atoms. The van der Waals surface area contributed by atoms with E-state index in [2.05, 4.69) is 20.7 Å². The van der Waals surface area contributed by atoms with Gasteiger partial charge in [-0.3, -0.25) is 4.72 Å². The van der Waals surface area contributed by atoms with Gasteiger partial charge in [0.05, 0.1) is 10.7 Å². The first-order valence-electron chi connectivity index (χ1n) is 5.64. The second kappa shape index (κ2) is 5.90. The van der Waals surface area contributed by atoms with Crippen LogP contribution in [-0.4, -0.2) is 8.42 Å². The van der Waals surface area contributed by atoms with Crippen LogP contribution in [0.2, 0.25) is 5.02 Å². The minimum absolute atomic E-state index is 0.109. The SMILES string of the molecule is Cc1ccc(NS(=O)(=O)c2c(F)cc(F)cc2Br)c(Cl)c1. The van der Waals surface area contributed by atoms with Crippen LogP contribution in [-0.2, 0) is 10.0 Å². The number of anilines is 1. The van der Waals surface area contributed by atoms with Gasteiger partial charge in [0.15, 0.2) is 0 Å². The number of rotatable bonds is 3. The molecule has 0 saturated carbocycles. The van der Waals surface area contributed by atoms with Gasteiger partial charge in [0, 0.05) is 10.5 Å². The highest BCUT2D eigenvalue weighted by molar-refractivity contribution is 9.10. The van der Waals surface area contributed by atoms with Gasteiger partial charge in [0.25, 0.3) is 10.0 Å². The van der Waals surface area contributed by atoms with Crippen molar-refractivity contribution in [3.63, 3.8) is 0 Å². The van der Waals surface area contributed by atoms with E-state index in [0.29, 0.717) is 6.07 Å². The second-order valence-electron chi connectivity index (χ2n) is 4.29. The molecule has 0 aliphatic carbocycles. The molecule has 0 aliphatic heterocycles. The van der Waals surface area contributed by atoms with Gasteiger partial charge < -0.3 is 0 Å². The molecule has 0 amide bonds. The van der Waals surface area contributed by atoms with Crippen molar-refractivity contribution in [2.45, 2.75) is 11.8 Å². The average molecular weight is 397 g/mol. The van der Waals surface area contributed by atoms with Gasteiger partial charge in [-0.15, -0.1) is 0 Å². The first-order chi connectivity index (χ1) is 9.70. The summed E-state index contributed by atoms with van der Waals surface area (Å²) in [4.78, 5) is -0.680. The minimum atomic E-state index is -4.25. The number of aryl methyl sites for hydroxylation is 1. The molecule has 8 heteroatoms. The highest BCUT2D eigenvalue weighted by Gasteiger charge is 2.24. The Labute approximate surface area is 134 Å². The maximum Gasteiger partial charge on any atom is 0.266 e. The van der Waals surface area contributed by atoms with E-state index in [1.54, 1.807) is 19.1 Å². The Hall–Kier alpha value is -1.18. The van der Waals surface area contributed by atoms with Crippen molar-refractivity contribution in [1.29, 1.82) is 0 Å². The Morgan fingerprint density at radius 3 is 2.43 bits per heavy atom. The number of nitrogens with one attached hydrogen (secondary N) is 1. The van der Waals surface area contributed by atoms with Crippen molar-refractivity contribution in [2.24, 2.45) is 0 Å². The summed E-state index contributed by atoms with van der Waals surface area (Å²) in [6, 6.07) is 6.05. The van der Waals surface area contributed by atoms with Crippen LogP contribution in [0.3, 0.4) is 0 Å². The summed E-state index contributed by atoms with van der Waals surface area (Å²) in [5, 5.41) is 0.178. The Kier molecular flexibility index (Phi) is 4.55. The molecule has 0 aromatic heterocycles. The van der Waals surface area contributed by atoms with Crippen LogP contribution in [0.5, 0.6) is 0 Å². The summed E-state index contributed by atoms with van der Waals surface area (Å²) in [7, 11) is -4.25. The van der Waals surface area contributed by atoms with Crippen molar-refractivity contribution < 1.29 is 17.2 Å². The molecule has 0 saturated heterocycles. The molecule has 0 radical (unpaired) electrons. The lowest BCUT2D eigenvalue weighted by molar-refractivity contribution is 0.548. The molecule has 0 atom stereocenters. The summed E-state index contributed by atoms with van der Waals surface area (Å²) in [6.07, 6.45) is 0. The molecule has 0 fully saturated rings. The van der Waals surface area contributed by atoms with Gasteiger partial charge in [0.2, 0.25) is 0 Å². The van der Waals surface area contributed by atoms with E-state index < -0.39 is 26.6 Å². The van der Waals surface area contributed by atoms with E-state index in [4.69, 9.17) is 11.6 Å². The number of hydrogen-bond acceptors (Lipinski definition) is 2. The highest BCUT2D eigenvalue weighted by Crippen LogP contribution is 2.30. The van der Waals surface area contributed by atoms with Gasteiger partial charge in [-0.05, 0) is 46.6 Å². The van der Waals surface area contributed by atoms with Crippen molar-refractivity contribution in [3.8, 4) is 0 Å². The predicted octanol–water partition coefficient (Wildman–Crippen LogP) is 4.49. The Morgan fingerprint density at radius 2 is 1.86 bits per heavy atom. The first-order valence-corrected chi connectivity index (χ1v) is 8.29.